The summed E-state index contributed by atoms with van der Waals surface area (Å²) < 4.78 is 0. The molecule has 1 saturated carbocycles. The standard InChI is InChI=1S/C13H26N2O/c1-3-6-12(4-2)15-13(16)10-7-5-8-11(14)9-10/h10-12H,3-9,14H2,1-2H3,(H,15,16). The van der Waals surface area contributed by atoms with Gasteiger partial charge in [0.25, 0.3) is 0 Å². The van der Waals surface area contributed by atoms with Gasteiger partial charge in [0.15, 0.2) is 0 Å². The van der Waals surface area contributed by atoms with Crippen LogP contribution in [0.4, 0.5) is 0 Å². The Hall–Kier alpha value is -0.570. The van der Waals surface area contributed by atoms with Crippen LogP contribution in [0.25, 0.3) is 0 Å². The number of nitrogens with two attached hydrogens (primary N) is 1. The van der Waals surface area contributed by atoms with Crippen molar-refractivity contribution < 1.29 is 4.79 Å². The first-order valence-corrected chi connectivity index (χ1v) is 6.73. The maximum atomic E-state index is 12.0. The van der Waals surface area contributed by atoms with E-state index in [9.17, 15) is 4.79 Å². The van der Waals surface area contributed by atoms with Crippen molar-refractivity contribution in [3.63, 3.8) is 0 Å². The van der Waals surface area contributed by atoms with Crippen molar-refractivity contribution >= 4 is 5.91 Å². The molecule has 3 atom stereocenters. The van der Waals surface area contributed by atoms with Crippen LogP contribution < -0.4 is 11.1 Å². The lowest BCUT2D eigenvalue weighted by molar-refractivity contribution is -0.126. The third-order valence-corrected chi connectivity index (χ3v) is 3.56. The second kappa shape index (κ2) is 6.89. The Balaban J connectivity index is 2.37. The number of hydrogen-bond acceptors (Lipinski definition) is 2. The lowest BCUT2D eigenvalue weighted by atomic mass is 9.85. The molecule has 94 valence electrons. The molecule has 0 heterocycles. The van der Waals surface area contributed by atoms with Crippen LogP contribution in [0.1, 0.15) is 58.8 Å². The Labute approximate surface area is 99.2 Å². The molecule has 0 aromatic rings. The third-order valence-electron chi connectivity index (χ3n) is 3.56. The monoisotopic (exact) mass is 226 g/mol. The quantitative estimate of drug-likeness (QED) is 0.755. The maximum absolute atomic E-state index is 12.0. The van der Waals surface area contributed by atoms with Crippen molar-refractivity contribution in [2.75, 3.05) is 0 Å². The van der Waals surface area contributed by atoms with Crippen LogP contribution in [0.5, 0.6) is 0 Å². The molecule has 1 aliphatic rings. The van der Waals surface area contributed by atoms with Crippen molar-refractivity contribution in [2.24, 2.45) is 11.7 Å². The lowest BCUT2D eigenvalue weighted by Gasteiger charge is -2.27. The Morgan fingerprint density at radius 3 is 2.75 bits per heavy atom. The fraction of sp³-hybridized carbons (Fsp3) is 0.923. The van der Waals surface area contributed by atoms with Gasteiger partial charge < -0.3 is 11.1 Å². The molecule has 16 heavy (non-hydrogen) atoms. The molecule has 0 radical (unpaired) electrons. The van der Waals surface area contributed by atoms with E-state index in [1.54, 1.807) is 0 Å². The van der Waals surface area contributed by atoms with E-state index in [0.29, 0.717) is 6.04 Å². The molecular formula is C13H26N2O. The Bertz CT molecular complexity index is 218. The topological polar surface area (TPSA) is 55.1 Å². The van der Waals surface area contributed by atoms with Crippen molar-refractivity contribution in [3.05, 3.63) is 0 Å². The zero-order valence-electron chi connectivity index (χ0n) is 10.7. The van der Waals surface area contributed by atoms with Gasteiger partial charge in [-0.25, -0.2) is 0 Å². The van der Waals surface area contributed by atoms with E-state index < -0.39 is 0 Å². The van der Waals surface area contributed by atoms with Crippen LogP contribution in [0, 0.1) is 5.92 Å². The lowest BCUT2D eigenvalue weighted by Crippen LogP contribution is -2.42. The smallest absolute Gasteiger partial charge is 0.223 e. The van der Waals surface area contributed by atoms with Gasteiger partial charge in [0, 0.05) is 18.0 Å². The summed E-state index contributed by atoms with van der Waals surface area (Å²) in [6.07, 6.45) is 7.30. The molecule has 3 N–H and O–H groups in total. The van der Waals surface area contributed by atoms with E-state index in [2.05, 4.69) is 19.2 Å². The highest BCUT2D eigenvalue weighted by molar-refractivity contribution is 5.79. The second-order valence-electron chi connectivity index (χ2n) is 5.03. The minimum Gasteiger partial charge on any atom is -0.353 e. The molecule has 1 amide bonds. The fourth-order valence-corrected chi connectivity index (χ4v) is 2.51. The maximum Gasteiger partial charge on any atom is 0.223 e. The average Bonchev–Trinajstić information content (AvgIpc) is 2.28. The highest BCUT2D eigenvalue weighted by atomic mass is 16.1. The first-order chi connectivity index (χ1) is 7.67. The van der Waals surface area contributed by atoms with Gasteiger partial charge in [-0.15, -0.1) is 0 Å². The molecule has 1 rings (SSSR count). The zero-order chi connectivity index (χ0) is 12.0. The van der Waals surface area contributed by atoms with Gasteiger partial charge in [0.1, 0.15) is 0 Å². The number of hydrogen-bond donors (Lipinski definition) is 2. The molecule has 0 spiro atoms. The Morgan fingerprint density at radius 1 is 1.44 bits per heavy atom. The first kappa shape index (κ1) is 13.5. The number of carbonyl (C=O) groups is 1. The van der Waals surface area contributed by atoms with Crippen LogP contribution in [0.3, 0.4) is 0 Å². The van der Waals surface area contributed by atoms with Crippen molar-refractivity contribution in [1.29, 1.82) is 0 Å². The van der Waals surface area contributed by atoms with Crippen LogP contribution in [-0.2, 0) is 4.79 Å². The number of rotatable bonds is 5. The van der Waals surface area contributed by atoms with Gasteiger partial charge in [-0.1, -0.05) is 26.7 Å². The predicted octanol–water partition coefficient (Wildman–Crippen LogP) is 2.20. The van der Waals surface area contributed by atoms with Crippen LogP contribution >= 0.6 is 0 Å². The highest BCUT2D eigenvalue weighted by Gasteiger charge is 2.26. The minimum absolute atomic E-state index is 0.162. The van der Waals surface area contributed by atoms with E-state index in [1.165, 1.54) is 0 Å². The van der Waals surface area contributed by atoms with E-state index >= 15 is 0 Å². The summed E-state index contributed by atoms with van der Waals surface area (Å²) in [6, 6.07) is 0.589. The van der Waals surface area contributed by atoms with Gasteiger partial charge in [-0.05, 0) is 32.1 Å². The first-order valence-electron chi connectivity index (χ1n) is 6.73. The molecular weight excluding hydrogens is 200 g/mol. The summed E-state index contributed by atoms with van der Waals surface area (Å²) in [5, 5.41) is 3.16. The van der Waals surface area contributed by atoms with Crippen LogP contribution in [-0.4, -0.2) is 18.0 Å². The van der Waals surface area contributed by atoms with Crippen molar-refractivity contribution in [1.82, 2.24) is 5.32 Å². The van der Waals surface area contributed by atoms with Crippen molar-refractivity contribution in [2.45, 2.75) is 70.9 Å². The second-order valence-corrected chi connectivity index (χ2v) is 5.03. The van der Waals surface area contributed by atoms with Gasteiger partial charge in [-0.2, -0.15) is 0 Å². The van der Waals surface area contributed by atoms with Crippen molar-refractivity contribution in [3.8, 4) is 0 Å². The summed E-state index contributed by atoms with van der Waals surface area (Å²) in [5.41, 5.74) is 5.90. The molecule has 0 aliphatic heterocycles. The Kier molecular flexibility index (Phi) is 5.81. The molecule has 0 aromatic carbocycles. The summed E-state index contributed by atoms with van der Waals surface area (Å²) in [4.78, 5) is 12.0. The van der Waals surface area contributed by atoms with E-state index in [-0.39, 0.29) is 17.9 Å². The van der Waals surface area contributed by atoms with E-state index in [1.807, 2.05) is 0 Å². The summed E-state index contributed by atoms with van der Waals surface area (Å²) in [7, 11) is 0. The Morgan fingerprint density at radius 2 is 2.19 bits per heavy atom. The molecule has 0 aromatic heterocycles. The normalized spacial score (nSPS) is 27.4. The SMILES string of the molecule is CCCC(CC)NC(=O)C1CCCC(N)C1. The number of carbonyl (C=O) groups excluding carboxylic acids is 1. The number of amides is 1. The van der Waals surface area contributed by atoms with E-state index in [4.69, 9.17) is 5.73 Å². The molecule has 1 fully saturated rings. The minimum atomic E-state index is 0.162. The van der Waals surface area contributed by atoms with Crippen LogP contribution in [0.15, 0.2) is 0 Å². The molecule has 3 nitrogen and oxygen atoms in total. The largest absolute Gasteiger partial charge is 0.353 e. The van der Waals surface area contributed by atoms with Crippen LogP contribution in [0.2, 0.25) is 0 Å². The summed E-state index contributed by atoms with van der Waals surface area (Å²) in [6.45, 7) is 4.29. The number of nitrogens with one attached hydrogen (secondary N) is 1. The average molecular weight is 226 g/mol. The molecule has 3 heteroatoms. The highest BCUT2D eigenvalue weighted by Crippen LogP contribution is 2.23. The summed E-state index contributed by atoms with van der Waals surface area (Å²) in [5.74, 6) is 0.394. The molecule has 1 aliphatic carbocycles. The predicted molar refractivity (Wildman–Crippen MR) is 67.1 cm³/mol. The summed E-state index contributed by atoms with van der Waals surface area (Å²) >= 11 is 0. The van der Waals surface area contributed by atoms with E-state index in [0.717, 1.165) is 44.9 Å². The molecule has 0 bridgehead atoms. The zero-order valence-corrected chi connectivity index (χ0v) is 10.7. The third kappa shape index (κ3) is 4.12. The molecule has 3 unspecified atom stereocenters. The van der Waals surface area contributed by atoms with Gasteiger partial charge in [0.05, 0.1) is 0 Å². The van der Waals surface area contributed by atoms with Gasteiger partial charge in [0.2, 0.25) is 5.91 Å². The molecule has 0 saturated heterocycles. The fourth-order valence-electron chi connectivity index (χ4n) is 2.51. The van der Waals surface area contributed by atoms with Gasteiger partial charge in [-0.3, -0.25) is 4.79 Å². The van der Waals surface area contributed by atoms with Gasteiger partial charge >= 0.3 is 0 Å².